The number of hydrazone groups is 1. The number of hydrogen-bond acceptors (Lipinski definition) is 4. The number of nitrogens with one attached hydrogen (secondary N) is 2. The third-order valence-corrected chi connectivity index (χ3v) is 3.81. The molecule has 23 heavy (non-hydrogen) atoms. The van der Waals surface area contributed by atoms with Crippen LogP contribution in [0.3, 0.4) is 0 Å². The van der Waals surface area contributed by atoms with E-state index in [1.165, 1.54) is 29.2 Å². The molecular formula is C15H15FN4O3. The van der Waals surface area contributed by atoms with Crippen molar-refractivity contribution < 1.29 is 18.8 Å². The summed E-state index contributed by atoms with van der Waals surface area (Å²) in [6.45, 7) is 0.654. The van der Waals surface area contributed by atoms with Crippen LogP contribution < -0.4 is 10.7 Å². The molecule has 1 aromatic rings. The fourth-order valence-electron chi connectivity index (χ4n) is 2.66. The molecule has 0 bridgehead atoms. The summed E-state index contributed by atoms with van der Waals surface area (Å²) in [7, 11) is 0. The van der Waals surface area contributed by atoms with Crippen LogP contribution in [0.1, 0.15) is 24.4 Å². The van der Waals surface area contributed by atoms with Gasteiger partial charge in [-0.3, -0.25) is 14.4 Å². The summed E-state index contributed by atoms with van der Waals surface area (Å²) in [5.74, 6) is -1.37. The minimum absolute atomic E-state index is 0.186. The van der Waals surface area contributed by atoms with Crippen molar-refractivity contribution in [2.45, 2.75) is 18.9 Å². The van der Waals surface area contributed by atoms with Crippen LogP contribution in [0.4, 0.5) is 4.39 Å². The molecule has 1 fully saturated rings. The maximum absolute atomic E-state index is 13.1. The molecule has 0 aliphatic carbocycles. The summed E-state index contributed by atoms with van der Waals surface area (Å²) in [5.41, 5.74) is 3.02. The van der Waals surface area contributed by atoms with Gasteiger partial charge in [-0.2, -0.15) is 5.10 Å². The number of halogens is 1. The lowest BCUT2D eigenvalue weighted by atomic mass is 10.0. The third kappa shape index (κ3) is 3.05. The summed E-state index contributed by atoms with van der Waals surface area (Å²) < 4.78 is 13.1. The fraction of sp³-hybridized carbons (Fsp3) is 0.333. The van der Waals surface area contributed by atoms with Gasteiger partial charge in [0.2, 0.25) is 11.8 Å². The van der Waals surface area contributed by atoms with E-state index in [0.717, 1.165) is 0 Å². The quantitative estimate of drug-likeness (QED) is 0.810. The number of piperazine rings is 1. The van der Waals surface area contributed by atoms with E-state index in [1.807, 2.05) is 0 Å². The maximum atomic E-state index is 13.1. The predicted octanol–water partition coefficient (Wildman–Crippen LogP) is 0.0912. The van der Waals surface area contributed by atoms with Gasteiger partial charge in [0.15, 0.2) is 0 Å². The largest absolute Gasteiger partial charge is 0.352 e. The molecule has 0 aromatic heterocycles. The molecule has 120 valence electrons. The average Bonchev–Trinajstić information content (AvgIpc) is 2.56. The van der Waals surface area contributed by atoms with E-state index in [0.29, 0.717) is 18.7 Å². The first kappa shape index (κ1) is 15.1. The van der Waals surface area contributed by atoms with Crippen LogP contribution >= 0.6 is 0 Å². The summed E-state index contributed by atoms with van der Waals surface area (Å²) in [5, 5.41) is 6.49. The van der Waals surface area contributed by atoms with Crippen molar-refractivity contribution in [1.29, 1.82) is 0 Å². The molecule has 1 unspecified atom stereocenters. The third-order valence-electron chi connectivity index (χ3n) is 3.81. The Balaban J connectivity index is 1.88. The second-order valence-electron chi connectivity index (χ2n) is 5.34. The highest BCUT2D eigenvalue weighted by atomic mass is 19.1. The van der Waals surface area contributed by atoms with Crippen molar-refractivity contribution >= 4 is 23.4 Å². The Morgan fingerprint density at radius 1 is 1.22 bits per heavy atom. The molecule has 1 atom stereocenters. The Bertz CT molecular complexity index is 686. The first-order valence-electron chi connectivity index (χ1n) is 7.26. The summed E-state index contributed by atoms with van der Waals surface area (Å²) in [6.07, 6.45) is 0.421. The normalized spacial score (nSPS) is 21.3. The molecule has 0 saturated carbocycles. The Hall–Kier alpha value is -2.77. The van der Waals surface area contributed by atoms with Crippen molar-refractivity contribution in [2.24, 2.45) is 5.10 Å². The van der Waals surface area contributed by atoms with Crippen LogP contribution in [-0.2, 0) is 14.4 Å². The van der Waals surface area contributed by atoms with E-state index >= 15 is 0 Å². The molecule has 0 radical (unpaired) electrons. The zero-order valence-electron chi connectivity index (χ0n) is 12.2. The zero-order chi connectivity index (χ0) is 16.4. The Morgan fingerprint density at radius 3 is 2.61 bits per heavy atom. The fourth-order valence-corrected chi connectivity index (χ4v) is 2.66. The SMILES string of the molecule is O=C1CCC(C(=O)N2CCNC(=O)C2c2ccc(F)cc2)=NN1. The molecule has 2 aliphatic rings. The average molecular weight is 318 g/mol. The highest BCUT2D eigenvalue weighted by molar-refractivity contribution is 6.39. The number of nitrogens with zero attached hydrogens (tertiary/aromatic N) is 2. The highest BCUT2D eigenvalue weighted by Crippen LogP contribution is 2.24. The minimum Gasteiger partial charge on any atom is -0.352 e. The molecule has 2 heterocycles. The topological polar surface area (TPSA) is 90.9 Å². The van der Waals surface area contributed by atoms with Gasteiger partial charge in [-0.25, -0.2) is 9.82 Å². The molecule has 1 saturated heterocycles. The van der Waals surface area contributed by atoms with Crippen molar-refractivity contribution in [3.8, 4) is 0 Å². The molecule has 3 amide bonds. The van der Waals surface area contributed by atoms with E-state index in [4.69, 9.17) is 0 Å². The van der Waals surface area contributed by atoms with Gasteiger partial charge in [-0.1, -0.05) is 12.1 Å². The van der Waals surface area contributed by atoms with Crippen LogP contribution in [0.25, 0.3) is 0 Å². The number of amides is 3. The second kappa shape index (κ2) is 6.15. The van der Waals surface area contributed by atoms with E-state index in [9.17, 15) is 18.8 Å². The molecule has 7 nitrogen and oxygen atoms in total. The molecule has 2 N–H and O–H groups in total. The number of hydrogen-bond donors (Lipinski definition) is 2. The van der Waals surface area contributed by atoms with E-state index < -0.39 is 17.8 Å². The van der Waals surface area contributed by atoms with Gasteiger partial charge in [0.05, 0.1) is 0 Å². The monoisotopic (exact) mass is 318 g/mol. The molecule has 8 heteroatoms. The van der Waals surface area contributed by atoms with Gasteiger partial charge in [0.25, 0.3) is 5.91 Å². The van der Waals surface area contributed by atoms with E-state index in [1.54, 1.807) is 0 Å². The zero-order valence-corrected chi connectivity index (χ0v) is 12.2. The van der Waals surface area contributed by atoms with Crippen LogP contribution in [0.5, 0.6) is 0 Å². The number of carbonyl (C=O) groups is 3. The summed E-state index contributed by atoms with van der Waals surface area (Å²) >= 11 is 0. The van der Waals surface area contributed by atoms with Gasteiger partial charge in [-0.05, 0) is 17.7 Å². The van der Waals surface area contributed by atoms with Crippen molar-refractivity contribution in [1.82, 2.24) is 15.6 Å². The van der Waals surface area contributed by atoms with Gasteiger partial charge in [-0.15, -0.1) is 0 Å². The lowest BCUT2D eigenvalue weighted by Gasteiger charge is -2.35. The maximum Gasteiger partial charge on any atom is 0.271 e. The minimum atomic E-state index is -0.836. The first-order chi connectivity index (χ1) is 11.1. The smallest absolute Gasteiger partial charge is 0.271 e. The predicted molar refractivity (Wildman–Crippen MR) is 78.7 cm³/mol. The summed E-state index contributed by atoms with van der Waals surface area (Å²) in [4.78, 5) is 37.4. The standard InChI is InChI=1S/C15H15FN4O3/c16-10-3-1-9(2-4-10)13-14(22)17-7-8-20(13)15(23)11-5-6-12(21)19-18-11/h1-4,13H,5-8H2,(H,17,22)(H,19,21). The number of benzene rings is 1. The Morgan fingerprint density at radius 2 is 1.96 bits per heavy atom. The van der Waals surface area contributed by atoms with Crippen LogP contribution in [0.15, 0.2) is 29.4 Å². The first-order valence-corrected chi connectivity index (χ1v) is 7.26. The number of carbonyl (C=O) groups excluding carboxylic acids is 3. The van der Waals surface area contributed by atoms with Crippen LogP contribution in [0.2, 0.25) is 0 Å². The lowest BCUT2D eigenvalue weighted by molar-refractivity contribution is -0.139. The Labute approximate surface area is 131 Å². The lowest BCUT2D eigenvalue weighted by Crippen LogP contribution is -2.54. The molecule has 2 aliphatic heterocycles. The highest BCUT2D eigenvalue weighted by Gasteiger charge is 2.36. The van der Waals surface area contributed by atoms with Crippen molar-refractivity contribution in [3.05, 3.63) is 35.6 Å². The van der Waals surface area contributed by atoms with Gasteiger partial charge in [0.1, 0.15) is 17.6 Å². The van der Waals surface area contributed by atoms with Gasteiger partial charge < -0.3 is 10.2 Å². The van der Waals surface area contributed by atoms with Gasteiger partial charge in [0, 0.05) is 25.9 Å². The second-order valence-corrected chi connectivity index (χ2v) is 5.34. The molecule has 0 spiro atoms. The number of rotatable bonds is 2. The van der Waals surface area contributed by atoms with Crippen LogP contribution in [0, 0.1) is 5.82 Å². The van der Waals surface area contributed by atoms with E-state index in [2.05, 4.69) is 15.8 Å². The molecule has 1 aromatic carbocycles. The molecule has 3 rings (SSSR count). The summed E-state index contributed by atoms with van der Waals surface area (Å²) in [6, 6.07) is 4.62. The van der Waals surface area contributed by atoms with Crippen molar-refractivity contribution in [2.75, 3.05) is 13.1 Å². The van der Waals surface area contributed by atoms with Crippen molar-refractivity contribution in [3.63, 3.8) is 0 Å². The Kier molecular flexibility index (Phi) is 4.05. The van der Waals surface area contributed by atoms with E-state index in [-0.39, 0.29) is 30.4 Å². The van der Waals surface area contributed by atoms with Crippen LogP contribution in [-0.4, -0.2) is 41.4 Å². The molecular weight excluding hydrogens is 303 g/mol. The van der Waals surface area contributed by atoms with Gasteiger partial charge >= 0.3 is 0 Å².